The molecular weight excluding hydrogens is 428 g/mol. The highest BCUT2D eigenvalue weighted by Crippen LogP contribution is 2.36. The second-order valence-electron chi connectivity index (χ2n) is 8.83. The predicted octanol–water partition coefficient (Wildman–Crippen LogP) is 2.70. The highest BCUT2D eigenvalue weighted by molar-refractivity contribution is 6.02. The summed E-state index contributed by atoms with van der Waals surface area (Å²) in [4.78, 5) is 30.9. The van der Waals surface area contributed by atoms with Crippen LogP contribution in [0.15, 0.2) is 24.7 Å². The van der Waals surface area contributed by atoms with Crippen molar-refractivity contribution < 1.29 is 4.79 Å². The van der Waals surface area contributed by atoms with Crippen molar-refractivity contribution in [3.63, 3.8) is 0 Å². The van der Waals surface area contributed by atoms with Crippen LogP contribution in [0.1, 0.15) is 29.8 Å². The van der Waals surface area contributed by atoms with Crippen LogP contribution in [0, 0.1) is 13.8 Å². The Kier molecular flexibility index (Phi) is 5.17. The second-order valence-corrected chi connectivity index (χ2v) is 8.83. The molecule has 6 rings (SSSR count). The van der Waals surface area contributed by atoms with E-state index in [1.165, 1.54) is 24.1 Å². The smallest absolute Gasteiger partial charge is 0.328 e. The first-order chi connectivity index (χ1) is 15.0. The summed E-state index contributed by atoms with van der Waals surface area (Å²) in [6.45, 7) is 6.50. The zero-order valence-electron chi connectivity index (χ0n) is 18.2. The van der Waals surface area contributed by atoms with Gasteiger partial charge in [-0.1, -0.05) is 0 Å². The minimum Gasteiger partial charge on any atom is -0.368 e. The molecule has 0 saturated carbocycles. The monoisotopic (exact) mass is 454 g/mol. The third-order valence-corrected chi connectivity index (χ3v) is 6.61. The first-order valence-corrected chi connectivity index (χ1v) is 11.0. The van der Waals surface area contributed by atoms with Gasteiger partial charge in [0.15, 0.2) is 11.5 Å². The number of hydrogen-bond acceptors (Lipinski definition) is 6. The average molecular weight is 455 g/mol. The van der Waals surface area contributed by atoms with Gasteiger partial charge in [-0.3, -0.25) is 10.2 Å². The van der Waals surface area contributed by atoms with E-state index in [0.29, 0.717) is 24.4 Å². The van der Waals surface area contributed by atoms with Crippen molar-refractivity contribution in [1.82, 2.24) is 24.7 Å². The third kappa shape index (κ3) is 3.45. The van der Waals surface area contributed by atoms with Crippen molar-refractivity contribution in [3.8, 4) is 0 Å². The molecule has 3 aromatic heterocycles. The van der Waals surface area contributed by atoms with E-state index in [9.17, 15) is 4.79 Å². The fraction of sp³-hybridized carbons (Fsp3) is 0.455. The number of anilines is 3. The first-order valence-electron chi connectivity index (χ1n) is 11.0. The Hall–Kier alpha value is -2.91. The van der Waals surface area contributed by atoms with Crippen LogP contribution in [-0.2, 0) is 6.42 Å². The summed E-state index contributed by atoms with van der Waals surface area (Å²) in [6, 6.07) is 3.04. The number of fused-ring (bicyclic) bond motifs is 4. The fourth-order valence-corrected chi connectivity index (χ4v) is 5.27. The number of piperazine rings is 1. The largest absolute Gasteiger partial charge is 0.368 e. The van der Waals surface area contributed by atoms with E-state index < -0.39 is 0 Å². The Balaban J connectivity index is 0.00000216. The number of aromatic nitrogens is 4. The molecule has 32 heavy (non-hydrogen) atoms. The van der Waals surface area contributed by atoms with Crippen LogP contribution in [0.2, 0.25) is 0 Å². The lowest BCUT2D eigenvalue weighted by atomic mass is 10.1. The number of pyridine rings is 1. The SMILES string of the molecule is Cc1cn2cc(NC(=O)N3CCc4c(N5CC6CCC(C5)N6)ccnc43)nc(C)c2n1.Cl. The van der Waals surface area contributed by atoms with Crippen molar-refractivity contribution in [2.45, 2.75) is 45.2 Å². The molecule has 2 amide bonds. The Morgan fingerprint density at radius 1 is 1.16 bits per heavy atom. The Morgan fingerprint density at radius 3 is 2.72 bits per heavy atom. The summed E-state index contributed by atoms with van der Waals surface area (Å²) in [5.41, 5.74) is 4.89. The molecule has 6 heterocycles. The molecule has 168 valence electrons. The van der Waals surface area contributed by atoms with Crippen molar-refractivity contribution in [2.24, 2.45) is 0 Å². The van der Waals surface area contributed by atoms with Gasteiger partial charge >= 0.3 is 6.03 Å². The van der Waals surface area contributed by atoms with Gasteiger partial charge in [-0.05, 0) is 39.2 Å². The van der Waals surface area contributed by atoms with Gasteiger partial charge in [0.2, 0.25) is 0 Å². The third-order valence-electron chi connectivity index (χ3n) is 6.61. The first kappa shape index (κ1) is 21.0. The summed E-state index contributed by atoms with van der Waals surface area (Å²) in [7, 11) is 0. The van der Waals surface area contributed by atoms with Crippen LogP contribution < -0.4 is 20.4 Å². The van der Waals surface area contributed by atoms with Crippen LogP contribution in [0.4, 0.5) is 22.1 Å². The number of hydrogen-bond donors (Lipinski definition) is 2. The number of aryl methyl sites for hydroxylation is 2. The molecule has 10 heteroatoms. The second kappa shape index (κ2) is 7.90. The number of amides is 2. The van der Waals surface area contributed by atoms with Crippen LogP contribution >= 0.6 is 12.4 Å². The number of nitrogens with one attached hydrogen (secondary N) is 2. The van der Waals surface area contributed by atoms with Gasteiger partial charge in [0, 0.05) is 55.4 Å². The Labute approximate surface area is 192 Å². The molecule has 3 aromatic rings. The highest BCUT2D eigenvalue weighted by Gasteiger charge is 2.35. The molecule has 0 spiro atoms. The topological polar surface area (TPSA) is 90.7 Å². The molecule has 0 aromatic carbocycles. The summed E-state index contributed by atoms with van der Waals surface area (Å²) in [6.07, 6.45) is 8.87. The summed E-state index contributed by atoms with van der Waals surface area (Å²) in [5, 5.41) is 6.64. The van der Waals surface area contributed by atoms with E-state index in [-0.39, 0.29) is 18.4 Å². The molecule has 2 atom stereocenters. The summed E-state index contributed by atoms with van der Waals surface area (Å²) < 4.78 is 1.90. The zero-order valence-corrected chi connectivity index (χ0v) is 19.0. The van der Waals surface area contributed by atoms with Gasteiger partial charge in [-0.2, -0.15) is 0 Å². The molecule has 3 aliphatic rings. The molecule has 9 nitrogen and oxygen atoms in total. The lowest BCUT2D eigenvalue weighted by Crippen LogP contribution is -2.51. The quantitative estimate of drug-likeness (QED) is 0.618. The Bertz CT molecular complexity index is 1180. The van der Waals surface area contributed by atoms with Crippen LogP contribution in [0.5, 0.6) is 0 Å². The number of urea groups is 1. The fourth-order valence-electron chi connectivity index (χ4n) is 5.27. The standard InChI is InChI=1S/C22H26N8O.ClH/c1-13-9-29-12-19(25-14(2)20(29)24-13)27-22(31)30-8-6-17-18(5-7-23-21(17)30)28-10-15-3-4-16(11-28)26-15;/h5,7,9,12,15-16,26H,3-4,6,8,10-11H2,1-2H3,(H,27,31);1H. The number of rotatable bonds is 2. The van der Waals surface area contributed by atoms with Crippen LogP contribution in [-0.4, -0.2) is 57.1 Å². The zero-order chi connectivity index (χ0) is 21.1. The van der Waals surface area contributed by atoms with E-state index >= 15 is 0 Å². The minimum atomic E-state index is -0.202. The number of nitrogens with zero attached hydrogens (tertiary/aromatic N) is 6. The van der Waals surface area contributed by atoms with Gasteiger partial charge in [0.25, 0.3) is 0 Å². The maximum atomic E-state index is 13.1. The highest BCUT2D eigenvalue weighted by atomic mass is 35.5. The normalized spacial score (nSPS) is 21.6. The van der Waals surface area contributed by atoms with Crippen molar-refractivity contribution in [1.29, 1.82) is 0 Å². The number of carbonyl (C=O) groups is 1. The van der Waals surface area contributed by atoms with E-state index in [1.807, 2.05) is 30.6 Å². The van der Waals surface area contributed by atoms with Crippen LogP contribution in [0.3, 0.4) is 0 Å². The minimum absolute atomic E-state index is 0. The molecule has 2 N–H and O–H groups in total. The Morgan fingerprint density at radius 2 is 1.94 bits per heavy atom. The van der Waals surface area contributed by atoms with E-state index in [4.69, 9.17) is 0 Å². The predicted molar refractivity (Wildman–Crippen MR) is 126 cm³/mol. The maximum Gasteiger partial charge on any atom is 0.328 e. The van der Waals surface area contributed by atoms with Gasteiger partial charge in [-0.25, -0.2) is 19.7 Å². The van der Waals surface area contributed by atoms with Crippen molar-refractivity contribution >= 4 is 41.4 Å². The van der Waals surface area contributed by atoms with Gasteiger partial charge in [-0.15, -0.1) is 12.4 Å². The van der Waals surface area contributed by atoms with Gasteiger partial charge in [0.05, 0.1) is 17.6 Å². The molecule has 2 bridgehead atoms. The van der Waals surface area contributed by atoms with E-state index in [0.717, 1.165) is 42.4 Å². The number of halogens is 1. The molecule has 2 fully saturated rings. The van der Waals surface area contributed by atoms with E-state index in [2.05, 4.69) is 36.6 Å². The molecular formula is C22H27ClN8O. The van der Waals surface area contributed by atoms with Crippen molar-refractivity contribution in [3.05, 3.63) is 41.6 Å². The lowest BCUT2D eigenvalue weighted by molar-refractivity contribution is 0.257. The maximum absolute atomic E-state index is 13.1. The molecule has 0 aliphatic carbocycles. The van der Waals surface area contributed by atoms with Gasteiger partial charge in [0.1, 0.15) is 5.82 Å². The molecule has 2 saturated heterocycles. The molecule has 2 unspecified atom stereocenters. The van der Waals surface area contributed by atoms with Crippen molar-refractivity contribution in [2.75, 3.05) is 34.8 Å². The average Bonchev–Trinajstić information content (AvgIpc) is 3.43. The molecule has 3 aliphatic heterocycles. The number of carbonyl (C=O) groups excluding carboxylic acids is 1. The van der Waals surface area contributed by atoms with E-state index in [1.54, 1.807) is 11.1 Å². The summed E-state index contributed by atoms with van der Waals surface area (Å²) in [5.74, 6) is 1.27. The van der Waals surface area contributed by atoms with Gasteiger partial charge < -0.3 is 14.6 Å². The van der Waals surface area contributed by atoms with Crippen LogP contribution in [0.25, 0.3) is 5.65 Å². The molecule has 0 radical (unpaired) electrons. The number of imidazole rings is 1. The lowest BCUT2D eigenvalue weighted by Gasteiger charge is -2.35. The summed E-state index contributed by atoms with van der Waals surface area (Å²) >= 11 is 0.